The maximum Gasteiger partial charge on any atom is 0.416 e. The van der Waals surface area contributed by atoms with E-state index in [-0.39, 0.29) is 5.56 Å². The van der Waals surface area contributed by atoms with Gasteiger partial charge in [-0.05, 0) is 39.4 Å². The molecule has 0 fully saturated rings. The van der Waals surface area contributed by atoms with Crippen LogP contribution in [0, 0.1) is 0 Å². The molecule has 1 atom stereocenters. The predicted octanol–water partition coefficient (Wildman–Crippen LogP) is 3.78. The Labute approximate surface area is 112 Å². The molecular weight excluding hydrogens is 255 g/mol. The Morgan fingerprint density at radius 3 is 2.26 bits per heavy atom. The van der Waals surface area contributed by atoms with Gasteiger partial charge in [0.2, 0.25) is 0 Å². The third-order valence-corrected chi connectivity index (χ3v) is 3.08. The Kier molecular flexibility index (Phi) is 4.98. The molecule has 1 aromatic rings. The molecule has 0 aromatic heterocycles. The molecule has 1 aromatic carbocycles. The molecule has 0 radical (unpaired) electrons. The molecule has 1 unspecified atom stereocenters. The number of alkyl halides is 3. The summed E-state index contributed by atoms with van der Waals surface area (Å²) >= 11 is 0. The van der Waals surface area contributed by atoms with Gasteiger partial charge in [-0.25, -0.2) is 0 Å². The number of nitrogens with one attached hydrogen (secondary N) is 1. The molecule has 0 amide bonds. The SMILES string of the molecule is CCOC(C)(C)C(NC)c1ccccc1C(F)(F)F. The fraction of sp³-hybridized carbons (Fsp3) is 0.571. The van der Waals surface area contributed by atoms with Gasteiger partial charge >= 0.3 is 6.18 Å². The second-order valence-electron chi connectivity index (χ2n) is 4.84. The highest BCUT2D eigenvalue weighted by atomic mass is 19.4. The van der Waals surface area contributed by atoms with Crippen LogP contribution in [0.5, 0.6) is 0 Å². The van der Waals surface area contributed by atoms with Gasteiger partial charge in [-0.2, -0.15) is 13.2 Å². The van der Waals surface area contributed by atoms with Crippen molar-refractivity contribution in [1.82, 2.24) is 5.32 Å². The van der Waals surface area contributed by atoms with Crippen molar-refractivity contribution in [3.05, 3.63) is 35.4 Å². The van der Waals surface area contributed by atoms with E-state index < -0.39 is 23.4 Å². The molecular formula is C14H20F3NO. The Morgan fingerprint density at radius 2 is 1.79 bits per heavy atom. The minimum atomic E-state index is -4.37. The quantitative estimate of drug-likeness (QED) is 0.883. The molecule has 5 heteroatoms. The maximum atomic E-state index is 13.1. The molecule has 0 saturated carbocycles. The van der Waals surface area contributed by atoms with Crippen LogP contribution in [0.2, 0.25) is 0 Å². The number of likely N-dealkylation sites (N-methyl/N-ethyl adjacent to an activating group) is 1. The highest BCUT2D eigenvalue weighted by Gasteiger charge is 2.39. The molecule has 0 bridgehead atoms. The Morgan fingerprint density at radius 1 is 1.21 bits per heavy atom. The largest absolute Gasteiger partial charge is 0.416 e. The first kappa shape index (κ1) is 16.0. The van der Waals surface area contributed by atoms with Crippen LogP contribution in [0.1, 0.15) is 37.9 Å². The summed E-state index contributed by atoms with van der Waals surface area (Å²) in [6.45, 7) is 5.83. The van der Waals surface area contributed by atoms with Gasteiger partial charge in [0.25, 0.3) is 0 Å². The number of benzene rings is 1. The Hall–Kier alpha value is -1.07. The number of rotatable bonds is 5. The zero-order valence-corrected chi connectivity index (χ0v) is 11.6. The highest BCUT2D eigenvalue weighted by molar-refractivity contribution is 5.34. The molecule has 0 aliphatic heterocycles. The average Bonchev–Trinajstić information content (AvgIpc) is 2.28. The van der Waals surface area contributed by atoms with Gasteiger partial charge in [-0.1, -0.05) is 18.2 Å². The zero-order valence-electron chi connectivity index (χ0n) is 11.6. The van der Waals surface area contributed by atoms with Crippen LogP contribution in [0.4, 0.5) is 13.2 Å². The van der Waals surface area contributed by atoms with Gasteiger partial charge in [0.15, 0.2) is 0 Å². The first-order chi connectivity index (χ1) is 8.74. The molecule has 1 N–H and O–H groups in total. The number of ether oxygens (including phenoxy) is 1. The van der Waals surface area contributed by atoms with Gasteiger partial charge in [-0.15, -0.1) is 0 Å². The maximum absolute atomic E-state index is 13.1. The fourth-order valence-corrected chi connectivity index (χ4v) is 2.34. The van der Waals surface area contributed by atoms with E-state index in [2.05, 4.69) is 5.32 Å². The van der Waals surface area contributed by atoms with Gasteiger partial charge in [0, 0.05) is 6.61 Å². The van der Waals surface area contributed by atoms with Crippen LogP contribution in [0.3, 0.4) is 0 Å². The third kappa shape index (κ3) is 3.70. The molecule has 0 heterocycles. The summed E-state index contributed by atoms with van der Waals surface area (Å²) in [5.74, 6) is 0. The second-order valence-corrected chi connectivity index (χ2v) is 4.84. The summed E-state index contributed by atoms with van der Waals surface area (Å²) in [6.07, 6.45) is -4.37. The molecule has 108 valence electrons. The van der Waals surface area contributed by atoms with Crippen molar-refractivity contribution in [2.45, 2.75) is 38.6 Å². The van der Waals surface area contributed by atoms with Crippen molar-refractivity contribution >= 4 is 0 Å². The van der Waals surface area contributed by atoms with Gasteiger partial charge in [-0.3, -0.25) is 0 Å². The second kappa shape index (κ2) is 5.92. The lowest BCUT2D eigenvalue weighted by molar-refractivity contribution is -0.139. The first-order valence-electron chi connectivity index (χ1n) is 6.21. The van der Waals surface area contributed by atoms with E-state index in [4.69, 9.17) is 4.74 Å². The molecule has 0 saturated heterocycles. The lowest BCUT2D eigenvalue weighted by Crippen LogP contribution is -2.41. The monoisotopic (exact) mass is 275 g/mol. The summed E-state index contributed by atoms with van der Waals surface area (Å²) in [4.78, 5) is 0. The van der Waals surface area contributed by atoms with Crippen molar-refractivity contribution in [3.63, 3.8) is 0 Å². The fourth-order valence-electron chi connectivity index (χ4n) is 2.34. The predicted molar refractivity (Wildman–Crippen MR) is 68.9 cm³/mol. The van der Waals surface area contributed by atoms with Crippen molar-refractivity contribution in [3.8, 4) is 0 Å². The van der Waals surface area contributed by atoms with Crippen LogP contribution >= 0.6 is 0 Å². The van der Waals surface area contributed by atoms with Gasteiger partial charge in [0.05, 0.1) is 17.2 Å². The summed E-state index contributed by atoms with van der Waals surface area (Å²) in [6, 6.07) is 5.06. The minimum absolute atomic E-state index is 0.205. The van der Waals surface area contributed by atoms with E-state index in [1.54, 1.807) is 27.0 Å². The summed E-state index contributed by atoms with van der Waals surface area (Å²) in [7, 11) is 1.64. The normalized spacial score (nSPS) is 14.5. The van der Waals surface area contributed by atoms with Crippen LogP contribution in [0.25, 0.3) is 0 Å². The Bertz CT molecular complexity index is 415. The molecule has 0 aliphatic carbocycles. The van der Waals surface area contributed by atoms with Crippen molar-refractivity contribution in [2.75, 3.05) is 13.7 Å². The molecule has 2 nitrogen and oxygen atoms in total. The lowest BCUT2D eigenvalue weighted by Gasteiger charge is -2.35. The number of halogens is 3. The number of hydrogen-bond donors (Lipinski definition) is 1. The van der Waals surface area contributed by atoms with Crippen molar-refractivity contribution in [1.29, 1.82) is 0 Å². The van der Waals surface area contributed by atoms with E-state index in [0.29, 0.717) is 6.61 Å². The van der Waals surface area contributed by atoms with Crippen LogP contribution < -0.4 is 5.32 Å². The molecule has 0 spiro atoms. The zero-order chi connectivity index (χ0) is 14.7. The molecule has 1 rings (SSSR count). The summed E-state index contributed by atoms with van der Waals surface area (Å²) < 4.78 is 44.7. The van der Waals surface area contributed by atoms with Crippen LogP contribution in [0.15, 0.2) is 24.3 Å². The van der Waals surface area contributed by atoms with E-state index in [1.165, 1.54) is 12.1 Å². The standard InChI is InChI=1S/C14H20F3NO/c1-5-19-13(2,3)12(18-4)10-8-6-7-9-11(10)14(15,16)17/h6-9,12,18H,5H2,1-4H3. The Balaban J connectivity index is 3.27. The molecule has 0 aliphatic rings. The smallest absolute Gasteiger partial charge is 0.374 e. The topological polar surface area (TPSA) is 21.3 Å². The van der Waals surface area contributed by atoms with E-state index in [1.807, 2.05) is 6.92 Å². The van der Waals surface area contributed by atoms with E-state index in [0.717, 1.165) is 6.07 Å². The highest BCUT2D eigenvalue weighted by Crippen LogP contribution is 2.38. The van der Waals surface area contributed by atoms with Gasteiger partial charge < -0.3 is 10.1 Å². The van der Waals surface area contributed by atoms with Crippen molar-refractivity contribution < 1.29 is 17.9 Å². The minimum Gasteiger partial charge on any atom is -0.374 e. The first-order valence-corrected chi connectivity index (χ1v) is 6.21. The molecule has 19 heavy (non-hydrogen) atoms. The lowest BCUT2D eigenvalue weighted by atomic mass is 9.88. The summed E-state index contributed by atoms with van der Waals surface area (Å²) in [5.41, 5.74) is -1.15. The van der Waals surface area contributed by atoms with E-state index >= 15 is 0 Å². The van der Waals surface area contributed by atoms with Gasteiger partial charge in [0.1, 0.15) is 0 Å². The van der Waals surface area contributed by atoms with Crippen molar-refractivity contribution in [2.24, 2.45) is 0 Å². The van der Waals surface area contributed by atoms with Crippen LogP contribution in [-0.2, 0) is 10.9 Å². The average molecular weight is 275 g/mol. The number of hydrogen-bond acceptors (Lipinski definition) is 2. The van der Waals surface area contributed by atoms with Crippen LogP contribution in [-0.4, -0.2) is 19.3 Å². The third-order valence-electron chi connectivity index (χ3n) is 3.08. The summed E-state index contributed by atoms with van der Waals surface area (Å²) in [5, 5.41) is 2.93. The van der Waals surface area contributed by atoms with E-state index in [9.17, 15) is 13.2 Å².